The van der Waals surface area contributed by atoms with Crippen LogP contribution in [0.25, 0.3) is 11.1 Å². The minimum atomic E-state index is 0.776. The molecule has 14 heavy (non-hydrogen) atoms. The molecule has 2 aromatic rings. The van der Waals surface area contributed by atoms with Crippen LogP contribution in [0.3, 0.4) is 0 Å². The van der Waals surface area contributed by atoms with Crippen LogP contribution in [0.15, 0.2) is 53.0 Å². The molecule has 0 nitrogen and oxygen atoms in total. The molecule has 0 aliphatic carbocycles. The van der Waals surface area contributed by atoms with Gasteiger partial charge < -0.3 is 0 Å². The first-order chi connectivity index (χ1) is 6.75. The molecule has 2 aromatic carbocycles. The zero-order valence-corrected chi connectivity index (χ0v) is 9.16. The first-order valence-corrected chi connectivity index (χ1v) is 5.16. The van der Waals surface area contributed by atoms with E-state index >= 15 is 0 Å². The van der Waals surface area contributed by atoms with Gasteiger partial charge in [-0.3, -0.25) is 0 Å². The van der Waals surface area contributed by atoms with E-state index in [1.54, 1.807) is 0 Å². The molecule has 0 unspecified atom stereocenters. The Morgan fingerprint density at radius 1 is 0.857 bits per heavy atom. The van der Waals surface area contributed by atoms with Gasteiger partial charge in [0.15, 0.2) is 0 Å². The average molecular weight is 243 g/mol. The third-order valence-electron chi connectivity index (χ3n) is 2.03. The second-order valence-corrected chi connectivity index (χ2v) is 4.05. The van der Waals surface area contributed by atoms with Gasteiger partial charge in [0.25, 0.3) is 0 Å². The maximum absolute atomic E-state index is 5.77. The molecule has 2 radical (unpaired) electrons. The largest absolute Gasteiger partial charge is 0.113 e. The first-order valence-electron chi connectivity index (χ1n) is 4.37. The molecule has 0 atom stereocenters. The number of halogens is 1. The van der Waals surface area contributed by atoms with E-state index in [-0.39, 0.29) is 0 Å². The van der Waals surface area contributed by atoms with Gasteiger partial charge in [0, 0.05) is 4.47 Å². The van der Waals surface area contributed by atoms with Crippen molar-refractivity contribution in [1.82, 2.24) is 0 Å². The number of hydrogen-bond donors (Lipinski definition) is 0. The molecule has 0 saturated carbocycles. The zero-order valence-electron chi connectivity index (χ0n) is 7.57. The summed E-state index contributed by atoms with van der Waals surface area (Å²) in [6.07, 6.45) is 0. The molecule has 0 aromatic heterocycles. The van der Waals surface area contributed by atoms with E-state index in [2.05, 4.69) is 34.1 Å². The third-order valence-corrected chi connectivity index (χ3v) is 2.49. The van der Waals surface area contributed by atoms with Gasteiger partial charge in [-0.05, 0) is 17.2 Å². The Balaban J connectivity index is 2.52. The molecule has 0 N–H and O–H groups in total. The maximum Gasteiger partial charge on any atom is 0.113 e. The quantitative estimate of drug-likeness (QED) is 0.675. The van der Waals surface area contributed by atoms with Gasteiger partial charge in [-0.1, -0.05) is 63.9 Å². The van der Waals surface area contributed by atoms with E-state index in [1.165, 1.54) is 5.56 Å². The van der Waals surface area contributed by atoms with Crippen LogP contribution in [0.2, 0.25) is 0 Å². The van der Waals surface area contributed by atoms with Gasteiger partial charge in [0.1, 0.15) is 7.85 Å². The van der Waals surface area contributed by atoms with E-state index in [0.29, 0.717) is 0 Å². The highest BCUT2D eigenvalue weighted by molar-refractivity contribution is 9.10. The minimum Gasteiger partial charge on any atom is -0.0950 e. The summed E-state index contributed by atoms with van der Waals surface area (Å²) in [5, 5.41) is 0. The summed E-state index contributed by atoms with van der Waals surface area (Å²) in [4.78, 5) is 0. The number of hydrogen-bond acceptors (Lipinski definition) is 0. The fourth-order valence-corrected chi connectivity index (χ4v) is 1.92. The van der Waals surface area contributed by atoms with E-state index in [0.717, 1.165) is 15.5 Å². The minimum absolute atomic E-state index is 0.776. The van der Waals surface area contributed by atoms with Crippen LogP contribution in [0.5, 0.6) is 0 Å². The fourth-order valence-electron chi connectivity index (χ4n) is 1.41. The Bertz CT molecular complexity index is 417. The summed E-state index contributed by atoms with van der Waals surface area (Å²) >= 11 is 3.43. The molecule has 2 heteroatoms. The lowest BCUT2D eigenvalue weighted by atomic mass is 9.92. The van der Waals surface area contributed by atoms with Crippen molar-refractivity contribution in [3.8, 4) is 11.1 Å². The summed E-state index contributed by atoms with van der Waals surface area (Å²) in [6.45, 7) is 0. The van der Waals surface area contributed by atoms with Crippen molar-refractivity contribution in [2.24, 2.45) is 0 Å². The second-order valence-electron chi connectivity index (χ2n) is 3.14. The van der Waals surface area contributed by atoms with Crippen LogP contribution in [0.1, 0.15) is 0 Å². The van der Waals surface area contributed by atoms with E-state index in [9.17, 15) is 0 Å². The Morgan fingerprint density at radius 2 is 1.57 bits per heavy atom. The number of benzene rings is 2. The molecule has 0 aliphatic rings. The first kappa shape index (κ1) is 9.54. The summed E-state index contributed by atoms with van der Waals surface area (Å²) in [5.74, 6) is 0. The molecular formula is C12H8BBr. The van der Waals surface area contributed by atoms with Crippen LogP contribution in [-0.2, 0) is 0 Å². The molecule has 0 spiro atoms. The molecule has 0 saturated heterocycles. The molecule has 2 rings (SSSR count). The lowest BCUT2D eigenvalue weighted by molar-refractivity contribution is 1.62. The van der Waals surface area contributed by atoms with Crippen LogP contribution >= 0.6 is 15.9 Å². The Hall–Kier alpha value is -1.02. The monoisotopic (exact) mass is 242 g/mol. The van der Waals surface area contributed by atoms with Crippen molar-refractivity contribution >= 4 is 29.2 Å². The fraction of sp³-hybridized carbons (Fsp3) is 0. The van der Waals surface area contributed by atoms with Crippen LogP contribution in [0, 0.1) is 0 Å². The Labute approximate surface area is 93.5 Å². The maximum atomic E-state index is 5.77. The molecule has 0 heterocycles. The standard InChI is InChI=1S/C12H8BBr/c13-11-6-10(7-12(14)8-11)9-4-2-1-3-5-9/h1-8H. The van der Waals surface area contributed by atoms with Crippen molar-refractivity contribution in [3.05, 3.63) is 53.0 Å². The van der Waals surface area contributed by atoms with Crippen molar-refractivity contribution in [1.29, 1.82) is 0 Å². The predicted octanol–water partition coefficient (Wildman–Crippen LogP) is 2.91. The topological polar surface area (TPSA) is 0 Å². The lowest BCUT2D eigenvalue weighted by Gasteiger charge is -2.04. The van der Waals surface area contributed by atoms with E-state index in [1.807, 2.05) is 30.3 Å². The smallest absolute Gasteiger partial charge is 0.0950 e. The Morgan fingerprint density at radius 3 is 2.21 bits per heavy atom. The summed E-state index contributed by atoms with van der Waals surface area (Å²) < 4.78 is 1.01. The van der Waals surface area contributed by atoms with Crippen LogP contribution in [-0.4, -0.2) is 7.85 Å². The number of rotatable bonds is 1. The van der Waals surface area contributed by atoms with Gasteiger partial charge in [-0.25, -0.2) is 0 Å². The van der Waals surface area contributed by atoms with Crippen LogP contribution < -0.4 is 5.46 Å². The summed E-state index contributed by atoms with van der Waals surface area (Å²) in [7, 11) is 5.77. The SMILES string of the molecule is [B]c1cc(Br)cc(-c2ccccc2)c1. The molecule has 66 valence electrons. The molecule has 0 bridgehead atoms. The molecule has 0 amide bonds. The van der Waals surface area contributed by atoms with E-state index in [4.69, 9.17) is 7.85 Å². The Kier molecular flexibility index (Phi) is 2.73. The van der Waals surface area contributed by atoms with Crippen molar-refractivity contribution in [3.63, 3.8) is 0 Å². The van der Waals surface area contributed by atoms with Gasteiger partial charge in [0.2, 0.25) is 0 Å². The second kappa shape index (κ2) is 4.01. The van der Waals surface area contributed by atoms with Crippen molar-refractivity contribution in [2.45, 2.75) is 0 Å². The highest BCUT2D eigenvalue weighted by Gasteiger charge is 1.98. The van der Waals surface area contributed by atoms with Gasteiger partial charge in [-0.2, -0.15) is 0 Å². The molecule has 0 fully saturated rings. The average Bonchev–Trinajstić information content (AvgIpc) is 2.18. The lowest BCUT2D eigenvalue weighted by Crippen LogP contribution is -2.01. The highest BCUT2D eigenvalue weighted by atomic mass is 79.9. The molecule has 0 aliphatic heterocycles. The summed E-state index contributed by atoms with van der Waals surface area (Å²) in [5.41, 5.74) is 3.09. The predicted molar refractivity (Wildman–Crippen MR) is 65.0 cm³/mol. The van der Waals surface area contributed by atoms with Crippen molar-refractivity contribution in [2.75, 3.05) is 0 Å². The molecular weight excluding hydrogens is 235 g/mol. The normalized spacial score (nSPS) is 10.1. The van der Waals surface area contributed by atoms with Gasteiger partial charge in [-0.15, -0.1) is 0 Å². The van der Waals surface area contributed by atoms with Gasteiger partial charge >= 0.3 is 0 Å². The third kappa shape index (κ3) is 2.07. The van der Waals surface area contributed by atoms with Crippen molar-refractivity contribution < 1.29 is 0 Å². The zero-order chi connectivity index (χ0) is 9.97. The van der Waals surface area contributed by atoms with Crippen LogP contribution in [0.4, 0.5) is 0 Å². The summed E-state index contributed by atoms with van der Waals surface area (Å²) in [6, 6.07) is 16.1. The van der Waals surface area contributed by atoms with Gasteiger partial charge in [0.05, 0.1) is 0 Å². The van der Waals surface area contributed by atoms with E-state index < -0.39 is 0 Å². The highest BCUT2D eigenvalue weighted by Crippen LogP contribution is 2.21.